The first-order valence-corrected chi connectivity index (χ1v) is 11.6. The topological polar surface area (TPSA) is 69.2 Å². The van der Waals surface area contributed by atoms with Gasteiger partial charge in [0, 0.05) is 0 Å². The standard InChI is InChI=1S/3C3H7OS2.2Bi/c3*1-6(2)3(4)5;;/h3*1-2H3,(H,4,5);;/q3*-1;2*+3/p-3. The molecule has 0 heterocycles. The van der Waals surface area contributed by atoms with Gasteiger partial charge in [0.25, 0.3) is 0 Å². The maximum absolute atomic E-state index is 9.97. The van der Waals surface area contributed by atoms with Crippen LogP contribution in [0.15, 0.2) is 0 Å². The van der Waals surface area contributed by atoms with Crippen LogP contribution < -0.4 is 15.3 Å². The molecule has 20 heavy (non-hydrogen) atoms. The van der Waals surface area contributed by atoms with E-state index in [0.717, 1.165) is 0 Å². The fourth-order valence-electron chi connectivity index (χ4n) is 0. The van der Waals surface area contributed by atoms with Crippen LogP contribution in [0.3, 0.4) is 0 Å². The average molecular weight is 785 g/mol. The first kappa shape index (κ1) is 34.0. The monoisotopic (exact) mass is 784 g/mol. The second kappa shape index (κ2) is 21.5. The van der Waals surface area contributed by atoms with Crippen LogP contribution >= 0.6 is 36.7 Å². The van der Waals surface area contributed by atoms with Gasteiger partial charge < -0.3 is 48.0 Å². The summed E-state index contributed by atoms with van der Waals surface area (Å²) in [7, 11) is -0.574. The molecule has 0 aliphatic carbocycles. The average Bonchev–Trinajstić information content (AvgIpc) is 2.18. The molecular formula is C9H18Bi2O3S6. The molecule has 4 radical (unpaired) electrons. The van der Waals surface area contributed by atoms with Crippen LogP contribution in [0.4, 0.5) is 0 Å². The SMILES string of the molecule is C[S-](C)C([O-])=S.C[S-](C)C([O-])=S.C[S-](C)C([O-])=S.[Bi+3].[Bi+3]. The van der Waals surface area contributed by atoms with E-state index >= 15 is 0 Å². The van der Waals surface area contributed by atoms with E-state index in [9.17, 15) is 15.3 Å². The third-order valence-electron chi connectivity index (χ3n) is 1.00. The molecule has 0 aliphatic heterocycles. The van der Waals surface area contributed by atoms with Gasteiger partial charge in [-0.3, -0.25) is 0 Å². The van der Waals surface area contributed by atoms with Crippen molar-refractivity contribution in [3.05, 3.63) is 0 Å². The Labute approximate surface area is 185 Å². The zero-order valence-corrected chi connectivity index (χ0v) is 23.9. The molecule has 0 aromatic heterocycles. The van der Waals surface area contributed by atoms with Crippen LogP contribution in [0.2, 0.25) is 0 Å². The van der Waals surface area contributed by atoms with Gasteiger partial charge in [-0.2, -0.15) is 50.7 Å². The first-order chi connectivity index (χ1) is 7.93. The van der Waals surface area contributed by atoms with Gasteiger partial charge in [0.2, 0.25) is 0 Å². The van der Waals surface area contributed by atoms with Gasteiger partial charge in [-0.05, 0) is 0 Å². The summed E-state index contributed by atoms with van der Waals surface area (Å²) in [5, 5.41) is 29.9. The molecule has 0 rings (SSSR count). The molecule has 0 aliphatic rings. The molecule has 0 saturated heterocycles. The first-order valence-electron chi connectivity index (χ1n) is 4.29. The van der Waals surface area contributed by atoms with E-state index in [1.807, 2.05) is 37.5 Å². The smallest absolute Gasteiger partial charge is 0.884 e. The minimum atomic E-state index is -0.191. The Morgan fingerprint density at radius 3 is 0.600 bits per heavy atom. The van der Waals surface area contributed by atoms with Crippen molar-refractivity contribution < 1.29 is 15.3 Å². The van der Waals surface area contributed by atoms with E-state index in [2.05, 4.69) is 36.7 Å². The van der Waals surface area contributed by atoms with Crippen molar-refractivity contribution in [2.75, 3.05) is 37.5 Å². The van der Waals surface area contributed by atoms with Crippen LogP contribution in [0.5, 0.6) is 0 Å². The molecule has 3 nitrogen and oxygen atoms in total. The van der Waals surface area contributed by atoms with Crippen molar-refractivity contribution in [3.8, 4) is 0 Å². The van der Waals surface area contributed by atoms with E-state index in [-0.39, 0.29) is 98.2 Å². The summed E-state index contributed by atoms with van der Waals surface area (Å²) in [4.78, 5) is 0. The molecule has 0 saturated carbocycles. The van der Waals surface area contributed by atoms with E-state index in [4.69, 9.17) is 0 Å². The molecule has 0 aromatic carbocycles. The van der Waals surface area contributed by atoms with Gasteiger partial charge in [0.1, 0.15) is 0 Å². The molecule has 0 bridgehead atoms. The number of hydrogen-bond donors (Lipinski definition) is 0. The number of thiocarbonyl (C=S) groups is 3. The molecule has 0 spiro atoms. The van der Waals surface area contributed by atoms with Crippen molar-refractivity contribution >= 4 is 135 Å². The molecule has 11 heteroatoms. The minimum absolute atomic E-state index is 0. The third kappa shape index (κ3) is 37.1. The largest absolute Gasteiger partial charge is 3.00 e. The van der Waals surface area contributed by atoms with Gasteiger partial charge in [0.15, 0.2) is 0 Å². The Morgan fingerprint density at radius 2 is 0.600 bits per heavy atom. The molecule has 0 atom stereocenters. The number of rotatable bonds is 0. The Morgan fingerprint density at radius 1 is 0.550 bits per heavy atom. The van der Waals surface area contributed by atoms with Crippen molar-refractivity contribution in [1.29, 1.82) is 0 Å². The minimum Gasteiger partial charge on any atom is -0.884 e. The maximum atomic E-state index is 9.97. The van der Waals surface area contributed by atoms with E-state index in [1.54, 1.807) is 0 Å². The quantitative estimate of drug-likeness (QED) is 0.158. The van der Waals surface area contributed by atoms with Crippen molar-refractivity contribution in [1.82, 2.24) is 0 Å². The zero-order valence-electron chi connectivity index (χ0n) is 12.1. The summed E-state index contributed by atoms with van der Waals surface area (Å²) in [6.45, 7) is 0. The summed E-state index contributed by atoms with van der Waals surface area (Å²) < 4.78 is -0.389. The molecule has 0 N–H and O–H groups in total. The normalized spacial score (nSPS) is 9.60. The number of hydrogen-bond acceptors (Lipinski definition) is 9. The predicted octanol–water partition coefficient (Wildman–Crippen LogP) is -2.23. The Bertz CT molecular complexity index is 232. The second-order valence-corrected chi connectivity index (χ2v) is 11.1. The summed E-state index contributed by atoms with van der Waals surface area (Å²) in [5.41, 5.74) is 0. The Hall–Kier alpha value is 2.49. The van der Waals surface area contributed by atoms with Gasteiger partial charge in [-0.15, -0.1) is 36.7 Å². The molecule has 0 amide bonds. The molecule has 0 unspecified atom stereocenters. The van der Waals surface area contributed by atoms with Crippen molar-refractivity contribution in [3.63, 3.8) is 0 Å². The van der Waals surface area contributed by atoms with Crippen LogP contribution in [-0.2, 0) is 32.7 Å². The summed E-state index contributed by atoms with van der Waals surface area (Å²) >= 11 is 12.8. The summed E-state index contributed by atoms with van der Waals surface area (Å²) in [6.07, 6.45) is 10.9. The van der Waals surface area contributed by atoms with Crippen molar-refractivity contribution in [2.24, 2.45) is 0 Å². The molecule has 0 fully saturated rings. The maximum Gasteiger partial charge on any atom is 3.00 e. The van der Waals surface area contributed by atoms with Gasteiger partial charge in [0.05, 0.1) is 0 Å². The van der Waals surface area contributed by atoms with Crippen LogP contribution in [0, 0.1) is 0 Å². The molecular weight excluding hydrogens is 766 g/mol. The molecule has 118 valence electrons. The fraction of sp³-hybridized carbons (Fsp3) is 0.667. The van der Waals surface area contributed by atoms with E-state index in [1.165, 1.54) is 0 Å². The van der Waals surface area contributed by atoms with Gasteiger partial charge >= 0.3 is 52.4 Å². The predicted molar refractivity (Wildman–Crippen MR) is 107 cm³/mol. The Kier molecular flexibility index (Phi) is 36.5. The molecule has 0 aromatic rings. The van der Waals surface area contributed by atoms with Crippen LogP contribution in [0.25, 0.3) is 0 Å². The van der Waals surface area contributed by atoms with E-state index in [0.29, 0.717) is 0 Å². The van der Waals surface area contributed by atoms with Crippen LogP contribution in [0.1, 0.15) is 0 Å². The van der Waals surface area contributed by atoms with Crippen LogP contribution in [-0.4, -0.2) is 103 Å². The summed E-state index contributed by atoms with van der Waals surface area (Å²) in [5.74, 6) is 0. The fourth-order valence-corrected chi connectivity index (χ4v) is 0. The van der Waals surface area contributed by atoms with Gasteiger partial charge in [-0.25, -0.2) is 0 Å². The van der Waals surface area contributed by atoms with Gasteiger partial charge in [-0.1, -0.05) is 0 Å². The second-order valence-electron chi connectivity index (χ2n) is 3.20. The van der Waals surface area contributed by atoms with Crippen molar-refractivity contribution in [2.45, 2.75) is 0 Å². The Balaban J connectivity index is -0.0000000536. The third-order valence-corrected chi connectivity index (χ3v) is 6.00. The van der Waals surface area contributed by atoms with E-state index < -0.39 is 0 Å². The summed E-state index contributed by atoms with van der Waals surface area (Å²) in [6, 6.07) is 0. The zero-order chi connectivity index (χ0) is 15.5.